The fourth-order valence-corrected chi connectivity index (χ4v) is 3.08. The van der Waals surface area contributed by atoms with Gasteiger partial charge in [-0.2, -0.15) is 5.10 Å². The lowest BCUT2D eigenvalue weighted by Gasteiger charge is -2.11. The van der Waals surface area contributed by atoms with Gasteiger partial charge in [0.15, 0.2) is 0 Å². The maximum Gasteiger partial charge on any atom is 0.267 e. The molecule has 0 aliphatic carbocycles. The Morgan fingerprint density at radius 3 is 2.37 bits per heavy atom. The number of aryl methyl sites for hydroxylation is 3. The highest BCUT2D eigenvalue weighted by atomic mass is 79.9. The summed E-state index contributed by atoms with van der Waals surface area (Å²) in [6, 6.07) is 14.5. The normalized spacial score (nSPS) is 10.7. The van der Waals surface area contributed by atoms with Crippen molar-refractivity contribution in [2.24, 2.45) is 0 Å². The smallest absolute Gasteiger partial charge is 0.267 e. The van der Waals surface area contributed by atoms with Crippen LogP contribution in [0.5, 0.6) is 0 Å². The summed E-state index contributed by atoms with van der Waals surface area (Å²) in [5.41, 5.74) is 5.42. The standard InChI is InChI=1S/C21H20BrN3O2/c1-13-10-15(3)18(11-14(13)2)19-8-9-21(27)25(24-19)12-20(26)23-17-6-4-16(22)5-7-17/h4-11H,12H2,1-3H3,(H,23,26). The first-order chi connectivity index (χ1) is 12.8. The van der Waals surface area contributed by atoms with E-state index < -0.39 is 0 Å². The summed E-state index contributed by atoms with van der Waals surface area (Å²) in [5.74, 6) is -0.305. The average Bonchev–Trinajstić information content (AvgIpc) is 2.62. The number of hydrogen-bond acceptors (Lipinski definition) is 3. The summed E-state index contributed by atoms with van der Waals surface area (Å²) in [6.45, 7) is 5.97. The quantitative estimate of drug-likeness (QED) is 0.679. The van der Waals surface area contributed by atoms with Crippen molar-refractivity contribution in [1.82, 2.24) is 9.78 Å². The minimum atomic E-state index is -0.314. The lowest BCUT2D eigenvalue weighted by atomic mass is 9.99. The van der Waals surface area contributed by atoms with Crippen molar-refractivity contribution >= 4 is 27.5 Å². The number of nitrogens with one attached hydrogen (secondary N) is 1. The van der Waals surface area contributed by atoms with Gasteiger partial charge in [-0.25, -0.2) is 4.68 Å². The molecule has 2 aromatic carbocycles. The van der Waals surface area contributed by atoms with Crippen LogP contribution in [0.25, 0.3) is 11.3 Å². The molecule has 0 fully saturated rings. The van der Waals surface area contributed by atoms with Gasteiger partial charge in [0, 0.05) is 21.8 Å². The summed E-state index contributed by atoms with van der Waals surface area (Å²) < 4.78 is 2.12. The predicted molar refractivity (Wildman–Crippen MR) is 111 cm³/mol. The fraction of sp³-hybridized carbons (Fsp3) is 0.190. The van der Waals surface area contributed by atoms with E-state index in [1.165, 1.54) is 16.3 Å². The summed E-state index contributed by atoms with van der Waals surface area (Å²) in [7, 11) is 0. The molecule has 3 rings (SSSR count). The zero-order valence-electron chi connectivity index (χ0n) is 15.4. The van der Waals surface area contributed by atoms with E-state index in [1.54, 1.807) is 18.2 Å². The maximum atomic E-state index is 12.3. The zero-order chi connectivity index (χ0) is 19.6. The molecule has 27 heavy (non-hydrogen) atoms. The van der Waals surface area contributed by atoms with Gasteiger partial charge in [0.2, 0.25) is 5.91 Å². The van der Waals surface area contributed by atoms with Crippen LogP contribution in [0.4, 0.5) is 5.69 Å². The van der Waals surface area contributed by atoms with Crippen LogP contribution in [0, 0.1) is 20.8 Å². The Kier molecular flexibility index (Phi) is 5.56. The Morgan fingerprint density at radius 1 is 1.00 bits per heavy atom. The molecule has 0 aliphatic heterocycles. The van der Waals surface area contributed by atoms with Crippen LogP contribution in [0.15, 0.2) is 57.8 Å². The maximum absolute atomic E-state index is 12.3. The summed E-state index contributed by atoms with van der Waals surface area (Å²) in [5, 5.41) is 7.18. The largest absolute Gasteiger partial charge is 0.324 e. The first-order valence-corrected chi connectivity index (χ1v) is 9.34. The summed E-state index contributed by atoms with van der Waals surface area (Å²) >= 11 is 3.35. The van der Waals surface area contributed by atoms with Crippen molar-refractivity contribution < 1.29 is 4.79 Å². The first kappa shape index (κ1) is 19.0. The molecule has 0 aliphatic rings. The number of aromatic nitrogens is 2. The number of carbonyl (C=O) groups excluding carboxylic acids is 1. The first-order valence-electron chi connectivity index (χ1n) is 8.55. The Bertz CT molecular complexity index is 1060. The van der Waals surface area contributed by atoms with Gasteiger partial charge in [0.05, 0.1) is 5.69 Å². The van der Waals surface area contributed by atoms with Crippen LogP contribution in [-0.4, -0.2) is 15.7 Å². The number of carbonyl (C=O) groups is 1. The second kappa shape index (κ2) is 7.88. The molecule has 5 nitrogen and oxygen atoms in total. The zero-order valence-corrected chi connectivity index (χ0v) is 17.0. The van der Waals surface area contributed by atoms with Crippen molar-refractivity contribution in [2.75, 3.05) is 5.32 Å². The van der Waals surface area contributed by atoms with E-state index in [9.17, 15) is 9.59 Å². The minimum Gasteiger partial charge on any atom is -0.324 e. The molecule has 0 spiro atoms. The second-order valence-electron chi connectivity index (χ2n) is 6.52. The monoisotopic (exact) mass is 425 g/mol. The Balaban J connectivity index is 1.85. The van der Waals surface area contributed by atoms with Crippen LogP contribution in [-0.2, 0) is 11.3 Å². The number of halogens is 1. The molecule has 6 heteroatoms. The van der Waals surface area contributed by atoms with Gasteiger partial charge in [-0.1, -0.05) is 22.0 Å². The molecule has 3 aromatic rings. The molecule has 0 bridgehead atoms. The van der Waals surface area contributed by atoms with Crippen molar-refractivity contribution in [2.45, 2.75) is 27.3 Å². The number of hydrogen-bond donors (Lipinski definition) is 1. The molecule has 1 N–H and O–H groups in total. The SMILES string of the molecule is Cc1cc(C)c(-c2ccc(=O)n(CC(=O)Nc3ccc(Br)cc3)n2)cc1C. The Morgan fingerprint density at radius 2 is 1.67 bits per heavy atom. The highest BCUT2D eigenvalue weighted by Gasteiger charge is 2.11. The van der Waals surface area contributed by atoms with Gasteiger partial charge < -0.3 is 5.32 Å². The van der Waals surface area contributed by atoms with Gasteiger partial charge in [0.1, 0.15) is 6.54 Å². The molecule has 1 amide bonds. The molecule has 138 valence electrons. The van der Waals surface area contributed by atoms with Gasteiger partial charge in [-0.05, 0) is 73.9 Å². The molecule has 0 radical (unpaired) electrons. The molecular weight excluding hydrogens is 406 g/mol. The highest BCUT2D eigenvalue weighted by molar-refractivity contribution is 9.10. The number of anilines is 1. The Hall–Kier alpha value is -2.73. The van der Waals surface area contributed by atoms with E-state index in [0.29, 0.717) is 11.4 Å². The van der Waals surface area contributed by atoms with Crippen LogP contribution >= 0.6 is 15.9 Å². The van der Waals surface area contributed by atoms with Gasteiger partial charge in [0.25, 0.3) is 5.56 Å². The third-order valence-electron chi connectivity index (χ3n) is 4.40. The second-order valence-corrected chi connectivity index (χ2v) is 7.44. The van der Waals surface area contributed by atoms with Crippen LogP contribution in [0.1, 0.15) is 16.7 Å². The number of nitrogens with zero attached hydrogens (tertiary/aromatic N) is 2. The van der Waals surface area contributed by atoms with Crippen molar-refractivity contribution in [3.8, 4) is 11.3 Å². The minimum absolute atomic E-state index is 0.146. The average molecular weight is 426 g/mol. The molecule has 1 aromatic heterocycles. The predicted octanol–water partition coefficient (Wildman–Crippen LogP) is 4.24. The van der Waals surface area contributed by atoms with Crippen molar-refractivity contribution in [3.05, 3.63) is 80.0 Å². The third kappa shape index (κ3) is 4.52. The molecule has 0 unspecified atom stereocenters. The van der Waals surface area contributed by atoms with Gasteiger partial charge >= 0.3 is 0 Å². The fourth-order valence-electron chi connectivity index (χ4n) is 2.81. The lowest BCUT2D eigenvalue weighted by molar-refractivity contribution is -0.117. The number of amides is 1. The van der Waals surface area contributed by atoms with Crippen LogP contribution in [0.3, 0.4) is 0 Å². The molecular formula is C21H20BrN3O2. The highest BCUT2D eigenvalue weighted by Crippen LogP contribution is 2.24. The van der Waals surface area contributed by atoms with Gasteiger partial charge in [-0.3, -0.25) is 9.59 Å². The number of rotatable bonds is 4. The molecule has 0 saturated carbocycles. The van der Waals surface area contributed by atoms with E-state index >= 15 is 0 Å². The topological polar surface area (TPSA) is 64.0 Å². The van der Waals surface area contributed by atoms with Crippen LogP contribution in [0.2, 0.25) is 0 Å². The summed E-state index contributed by atoms with van der Waals surface area (Å²) in [6.07, 6.45) is 0. The van der Waals surface area contributed by atoms with Crippen LogP contribution < -0.4 is 10.9 Å². The lowest BCUT2D eigenvalue weighted by Crippen LogP contribution is -2.29. The van der Waals surface area contributed by atoms with E-state index in [4.69, 9.17) is 0 Å². The van der Waals surface area contributed by atoms with E-state index in [-0.39, 0.29) is 18.0 Å². The number of benzene rings is 2. The van der Waals surface area contributed by atoms with E-state index in [1.807, 2.05) is 26.0 Å². The summed E-state index contributed by atoms with van der Waals surface area (Å²) in [4.78, 5) is 24.5. The molecule has 0 saturated heterocycles. The van der Waals surface area contributed by atoms with Crippen molar-refractivity contribution in [1.29, 1.82) is 0 Å². The molecule has 1 heterocycles. The Labute approximate surface area is 166 Å². The third-order valence-corrected chi connectivity index (χ3v) is 4.93. The van der Waals surface area contributed by atoms with E-state index in [0.717, 1.165) is 21.2 Å². The molecule has 0 atom stereocenters. The van der Waals surface area contributed by atoms with E-state index in [2.05, 4.69) is 45.4 Å². The van der Waals surface area contributed by atoms with Gasteiger partial charge in [-0.15, -0.1) is 0 Å². The van der Waals surface area contributed by atoms with Crippen molar-refractivity contribution in [3.63, 3.8) is 0 Å².